The Labute approximate surface area is 90.5 Å². The minimum absolute atomic E-state index is 0.646. The third-order valence-electron chi connectivity index (χ3n) is 2.73. The maximum Gasteiger partial charge on any atom is 0.122 e. The van der Waals surface area contributed by atoms with E-state index in [1.54, 1.807) is 0 Å². The molecule has 0 radical (unpaired) electrons. The highest BCUT2D eigenvalue weighted by Crippen LogP contribution is 2.25. The summed E-state index contributed by atoms with van der Waals surface area (Å²) >= 11 is 0. The van der Waals surface area contributed by atoms with Gasteiger partial charge in [-0.05, 0) is 42.9 Å². The molecule has 1 aromatic carbocycles. The molecule has 2 nitrogen and oxygen atoms in total. The first kappa shape index (κ1) is 10.0. The summed E-state index contributed by atoms with van der Waals surface area (Å²) < 4.78 is 5.55. The number of unbranched alkanes of at least 4 members (excludes halogenated alkanes) is 1. The first-order valence-electron chi connectivity index (χ1n) is 5.52. The molecule has 0 aliphatic carbocycles. The van der Waals surface area contributed by atoms with E-state index in [4.69, 9.17) is 10.00 Å². The second-order valence-corrected chi connectivity index (χ2v) is 3.91. The smallest absolute Gasteiger partial charge is 0.122 e. The average molecular weight is 201 g/mol. The van der Waals surface area contributed by atoms with E-state index in [2.05, 4.69) is 24.3 Å². The molecule has 2 heteroatoms. The van der Waals surface area contributed by atoms with Gasteiger partial charge in [0.25, 0.3) is 0 Å². The van der Waals surface area contributed by atoms with Crippen LogP contribution in [0.15, 0.2) is 18.2 Å². The number of benzene rings is 1. The van der Waals surface area contributed by atoms with Crippen LogP contribution in [0.4, 0.5) is 0 Å². The number of hydrogen-bond acceptors (Lipinski definition) is 2. The number of hydrogen-bond donors (Lipinski definition) is 0. The minimum Gasteiger partial charge on any atom is -0.493 e. The molecule has 1 aliphatic heterocycles. The van der Waals surface area contributed by atoms with Crippen molar-refractivity contribution in [3.63, 3.8) is 0 Å². The number of rotatable bonds is 3. The molecule has 0 saturated carbocycles. The maximum atomic E-state index is 8.47. The van der Waals surface area contributed by atoms with E-state index in [9.17, 15) is 0 Å². The van der Waals surface area contributed by atoms with Crippen LogP contribution in [0.5, 0.6) is 5.75 Å². The van der Waals surface area contributed by atoms with Crippen LogP contribution in [-0.2, 0) is 12.8 Å². The quantitative estimate of drug-likeness (QED) is 0.704. The zero-order valence-corrected chi connectivity index (χ0v) is 8.83. The summed E-state index contributed by atoms with van der Waals surface area (Å²) in [6.07, 6.45) is 4.85. The van der Waals surface area contributed by atoms with E-state index in [1.165, 1.54) is 11.1 Å². The molecule has 15 heavy (non-hydrogen) atoms. The lowest BCUT2D eigenvalue weighted by molar-refractivity contribution is 0.288. The lowest BCUT2D eigenvalue weighted by Crippen LogP contribution is -2.08. The number of nitrogens with zero attached hydrogens (tertiary/aromatic N) is 1. The molecule has 0 unspecified atom stereocenters. The van der Waals surface area contributed by atoms with Crippen LogP contribution >= 0.6 is 0 Å². The molecule has 2 rings (SSSR count). The zero-order chi connectivity index (χ0) is 10.5. The minimum atomic E-state index is 0.646. The van der Waals surface area contributed by atoms with E-state index in [1.807, 2.05) is 0 Å². The third kappa shape index (κ3) is 2.50. The van der Waals surface area contributed by atoms with Crippen LogP contribution in [0.2, 0.25) is 0 Å². The van der Waals surface area contributed by atoms with Crippen molar-refractivity contribution in [3.05, 3.63) is 29.3 Å². The first-order valence-corrected chi connectivity index (χ1v) is 5.52. The molecular formula is C13H15NO. The molecule has 0 saturated heterocycles. The Bertz CT molecular complexity index is 379. The standard InChI is InChI=1S/C13H15NO/c14-8-2-1-4-11-6-7-13-12(10-11)5-3-9-15-13/h6-7,10H,1-5,9H2. The van der Waals surface area contributed by atoms with Crippen LogP contribution in [0.1, 0.15) is 30.4 Å². The van der Waals surface area contributed by atoms with Crippen molar-refractivity contribution in [2.45, 2.75) is 32.1 Å². The SMILES string of the molecule is N#CCCCc1ccc2c(c1)CCCO2. The summed E-state index contributed by atoms with van der Waals surface area (Å²) in [5, 5.41) is 8.47. The normalized spacial score (nSPS) is 13.8. The summed E-state index contributed by atoms with van der Waals surface area (Å²) in [6, 6.07) is 8.58. The number of aryl methyl sites for hydroxylation is 2. The highest BCUT2D eigenvalue weighted by Gasteiger charge is 2.09. The van der Waals surface area contributed by atoms with Gasteiger partial charge >= 0.3 is 0 Å². The Kier molecular flexibility index (Phi) is 3.24. The van der Waals surface area contributed by atoms with E-state index in [0.717, 1.165) is 38.0 Å². The van der Waals surface area contributed by atoms with Gasteiger partial charge in [-0.15, -0.1) is 0 Å². The van der Waals surface area contributed by atoms with Crippen LogP contribution < -0.4 is 4.74 Å². The number of nitriles is 1. The second kappa shape index (κ2) is 4.84. The average Bonchev–Trinajstić information content (AvgIpc) is 2.29. The van der Waals surface area contributed by atoms with Crippen LogP contribution in [0, 0.1) is 11.3 Å². The molecule has 0 spiro atoms. The Morgan fingerprint density at radius 1 is 1.40 bits per heavy atom. The molecule has 1 aromatic rings. The molecule has 0 aromatic heterocycles. The van der Waals surface area contributed by atoms with E-state index >= 15 is 0 Å². The largest absolute Gasteiger partial charge is 0.493 e. The van der Waals surface area contributed by atoms with E-state index in [-0.39, 0.29) is 0 Å². The van der Waals surface area contributed by atoms with Gasteiger partial charge in [0.2, 0.25) is 0 Å². The Hall–Kier alpha value is -1.49. The van der Waals surface area contributed by atoms with Gasteiger partial charge in [-0.2, -0.15) is 5.26 Å². The third-order valence-corrected chi connectivity index (χ3v) is 2.73. The molecule has 1 aliphatic rings. The fourth-order valence-corrected chi connectivity index (χ4v) is 1.94. The van der Waals surface area contributed by atoms with E-state index < -0.39 is 0 Å². The molecular weight excluding hydrogens is 186 g/mol. The van der Waals surface area contributed by atoms with Gasteiger partial charge in [0, 0.05) is 6.42 Å². The van der Waals surface area contributed by atoms with Gasteiger partial charge in [0.15, 0.2) is 0 Å². The second-order valence-electron chi connectivity index (χ2n) is 3.91. The van der Waals surface area contributed by atoms with Crippen molar-refractivity contribution in [1.82, 2.24) is 0 Å². The van der Waals surface area contributed by atoms with Crippen LogP contribution in [-0.4, -0.2) is 6.61 Å². The summed E-state index contributed by atoms with van der Waals surface area (Å²) in [5.74, 6) is 1.05. The van der Waals surface area contributed by atoms with Crippen LogP contribution in [0.25, 0.3) is 0 Å². The molecule has 0 N–H and O–H groups in total. The van der Waals surface area contributed by atoms with Crippen molar-refractivity contribution in [2.24, 2.45) is 0 Å². The lowest BCUT2D eigenvalue weighted by atomic mass is 10.0. The summed E-state index contributed by atoms with van der Waals surface area (Å²) in [4.78, 5) is 0. The van der Waals surface area contributed by atoms with Gasteiger partial charge in [-0.1, -0.05) is 12.1 Å². The first-order chi connectivity index (χ1) is 7.40. The molecule has 1 heterocycles. The van der Waals surface area contributed by atoms with Gasteiger partial charge < -0.3 is 4.74 Å². The van der Waals surface area contributed by atoms with Crippen molar-refractivity contribution in [3.8, 4) is 11.8 Å². The Morgan fingerprint density at radius 2 is 2.33 bits per heavy atom. The molecule has 78 valence electrons. The summed E-state index contributed by atoms with van der Waals surface area (Å²) in [6.45, 7) is 0.848. The van der Waals surface area contributed by atoms with Crippen molar-refractivity contribution >= 4 is 0 Å². The predicted molar refractivity (Wildman–Crippen MR) is 58.8 cm³/mol. The summed E-state index contributed by atoms with van der Waals surface area (Å²) in [5.41, 5.74) is 2.66. The van der Waals surface area contributed by atoms with Gasteiger partial charge in [0.1, 0.15) is 5.75 Å². The lowest BCUT2D eigenvalue weighted by Gasteiger charge is -2.17. The monoisotopic (exact) mass is 201 g/mol. The molecule has 0 amide bonds. The van der Waals surface area contributed by atoms with Crippen molar-refractivity contribution in [1.29, 1.82) is 5.26 Å². The fraction of sp³-hybridized carbons (Fsp3) is 0.462. The topological polar surface area (TPSA) is 33.0 Å². The predicted octanol–water partition coefficient (Wildman–Crippen LogP) is 2.86. The molecule has 0 atom stereocenters. The van der Waals surface area contributed by atoms with Crippen molar-refractivity contribution < 1.29 is 4.74 Å². The highest BCUT2D eigenvalue weighted by molar-refractivity contribution is 5.38. The molecule has 0 bridgehead atoms. The van der Waals surface area contributed by atoms with Gasteiger partial charge in [0.05, 0.1) is 12.7 Å². The molecule has 0 fully saturated rings. The zero-order valence-electron chi connectivity index (χ0n) is 8.83. The van der Waals surface area contributed by atoms with Gasteiger partial charge in [-0.25, -0.2) is 0 Å². The van der Waals surface area contributed by atoms with Crippen LogP contribution in [0.3, 0.4) is 0 Å². The number of ether oxygens (including phenoxy) is 1. The Morgan fingerprint density at radius 3 is 3.20 bits per heavy atom. The number of fused-ring (bicyclic) bond motifs is 1. The highest BCUT2D eigenvalue weighted by atomic mass is 16.5. The summed E-state index contributed by atoms with van der Waals surface area (Å²) in [7, 11) is 0. The fourth-order valence-electron chi connectivity index (χ4n) is 1.94. The Balaban J connectivity index is 2.04. The van der Waals surface area contributed by atoms with Crippen molar-refractivity contribution in [2.75, 3.05) is 6.61 Å². The van der Waals surface area contributed by atoms with E-state index in [0.29, 0.717) is 6.42 Å². The van der Waals surface area contributed by atoms with Gasteiger partial charge in [-0.3, -0.25) is 0 Å². The maximum absolute atomic E-state index is 8.47.